The Hall–Kier alpha value is -1.28. The van der Waals surface area contributed by atoms with Crippen molar-refractivity contribution >= 4 is 20.1 Å². The summed E-state index contributed by atoms with van der Waals surface area (Å²) in [4.78, 5) is 24.0. The molecule has 218 valence electrons. The Morgan fingerprint density at radius 2 is 1.95 bits per heavy atom. The Morgan fingerprint density at radius 3 is 2.58 bits per heavy atom. The predicted molar refractivity (Wildman–Crippen MR) is 156 cm³/mol. The average molecular weight is 551 g/mol. The van der Waals surface area contributed by atoms with Gasteiger partial charge in [-0.3, -0.25) is 9.59 Å². The highest BCUT2D eigenvalue weighted by atomic mass is 28.4. The maximum atomic E-state index is 13.3. The number of allylic oxidation sites excluding steroid dienone is 2. The second-order valence-electron chi connectivity index (χ2n) is 12.6. The first-order chi connectivity index (χ1) is 17.9. The van der Waals surface area contributed by atoms with Gasteiger partial charge in [0.05, 0.1) is 12.2 Å². The second kappa shape index (κ2) is 16.1. The SMILES string of the molecule is CCCCCC(/C=C/[C@H]1[C@H](O[Si](C)(C)C(C)(C)C)CC(=O)[C@@H]1C/C=C\CCCC(=O)O)OC1CCCCO1. The number of ketones is 1. The van der Waals surface area contributed by atoms with E-state index in [0.29, 0.717) is 25.7 Å². The summed E-state index contributed by atoms with van der Waals surface area (Å²) in [5.74, 6) is -0.629. The van der Waals surface area contributed by atoms with Gasteiger partial charge in [-0.2, -0.15) is 0 Å². The Balaban J connectivity index is 2.19. The van der Waals surface area contributed by atoms with Crippen LogP contribution in [0.4, 0.5) is 0 Å². The fraction of sp³-hybridized carbons (Fsp3) is 0.806. The lowest BCUT2D eigenvalue weighted by Gasteiger charge is -2.39. The van der Waals surface area contributed by atoms with Crippen LogP contribution < -0.4 is 0 Å². The molecule has 38 heavy (non-hydrogen) atoms. The van der Waals surface area contributed by atoms with E-state index in [1.54, 1.807) is 0 Å². The molecule has 2 fully saturated rings. The summed E-state index contributed by atoms with van der Waals surface area (Å²) >= 11 is 0. The molecule has 6 nitrogen and oxygen atoms in total. The molecule has 0 spiro atoms. The maximum absolute atomic E-state index is 13.3. The monoisotopic (exact) mass is 550 g/mol. The first-order valence-corrected chi connectivity index (χ1v) is 17.9. The average Bonchev–Trinajstić information content (AvgIpc) is 3.12. The van der Waals surface area contributed by atoms with Crippen LogP contribution in [0, 0.1) is 11.8 Å². The molecule has 5 atom stereocenters. The molecule has 0 amide bonds. The van der Waals surface area contributed by atoms with Crippen LogP contribution in [0.25, 0.3) is 0 Å². The van der Waals surface area contributed by atoms with E-state index in [1.165, 1.54) is 6.42 Å². The van der Waals surface area contributed by atoms with Crippen molar-refractivity contribution < 1.29 is 28.6 Å². The second-order valence-corrected chi connectivity index (χ2v) is 17.4. The fourth-order valence-corrected chi connectivity index (χ4v) is 6.34. The van der Waals surface area contributed by atoms with E-state index in [-0.39, 0.29) is 47.6 Å². The Bertz CT molecular complexity index is 778. The molecule has 1 saturated carbocycles. The van der Waals surface area contributed by atoms with Crippen molar-refractivity contribution in [1.29, 1.82) is 0 Å². The van der Waals surface area contributed by atoms with Crippen LogP contribution in [0.1, 0.15) is 105 Å². The van der Waals surface area contributed by atoms with Gasteiger partial charge < -0.3 is 19.0 Å². The minimum atomic E-state index is -2.06. The summed E-state index contributed by atoms with van der Waals surface area (Å²) in [6.45, 7) is 14.2. The normalized spacial score (nSPS) is 26.0. The van der Waals surface area contributed by atoms with E-state index < -0.39 is 14.3 Å². The Kier molecular flexibility index (Phi) is 13.9. The zero-order valence-corrected chi connectivity index (χ0v) is 25.9. The smallest absolute Gasteiger partial charge is 0.303 e. The summed E-state index contributed by atoms with van der Waals surface area (Å²) in [5, 5.41) is 8.93. The number of carboxylic acid groups (broad SMARTS) is 1. The van der Waals surface area contributed by atoms with E-state index in [9.17, 15) is 9.59 Å². The van der Waals surface area contributed by atoms with Crippen LogP contribution in [-0.4, -0.2) is 50.3 Å². The van der Waals surface area contributed by atoms with E-state index in [2.05, 4.69) is 59.0 Å². The molecular weight excluding hydrogens is 496 g/mol. The van der Waals surface area contributed by atoms with Gasteiger partial charge in [0.25, 0.3) is 0 Å². The third kappa shape index (κ3) is 11.1. The first kappa shape index (κ1) is 32.9. The van der Waals surface area contributed by atoms with Gasteiger partial charge in [0, 0.05) is 31.3 Å². The van der Waals surface area contributed by atoms with Gasteiger partial charge in [-0.25, -0.2) is 0 Å². The minimum absolute atomic E-state index is 0.00449. The molecule has 2 rings (SSSR count). The zero-order chi connectivity index (χ0) is 28.2. The van der Waals surface area contributed by atoms with Crippen LogP contribution >= 0.6 is 0 Å². The van der Waals surface area contributed by atoms with Crippen LogP contribution in [-0.2, 0) is 23.5 Å². The van der Waals surface area contributed by atoms with Crippen molar-refractivity contribution in [2.75, 3.05) is 6.61 Å². The number of carbonyl (C=O) groups excluding carboxylic acids is 1. The highest BCUT2D eigenvalue weighted by Gasteiger charge is 2.46. The summed E-state index contributed by atoms with van der Waals surface area (Å²) in [6, 6.07) is 0. The summed E-state index contributed by atoms with van der Waals surface area (Å²) < 4.78 is 19.1. The third-order valence-electron chi connectivity index (χ3n) is 8.38. The van der Waals surface area contributed by atoms with Gasteiger partial charge in [0.2, 0.25) is 0 Å². The van der Waals surface area contributed by atoms with Gasteiger partial charge in [0.1, 0.15) is 5.78 Å². The molecule has 1 saturated heterocycles. The Morgan fingerprint density at radius 1 is 1.18 bits per heavy atom. The molecule has 1 N–H and O–H groups in total. The van der Waals surface area contributed by atoms with Gasteiger partial charge >= 0.3 is 5.97 Å². The summed E-state index contributed by atoms with van der Waals surface area (Å²) in [7, 11) is -2.06. The molecular formula is C31H54O6Si. The minimum Gasteiger partial charge on any atom is -0.481 e. The summed E-state index contributed by atoms with van der Waals surface area (Å²) in [5.41, 5.74) is 0. The Labute approximate surface area is 232 Å². The zero-order valence-electron chi connectivity index (χ0n) is 24.9. The van der Waals surface area contributed by atoms with Crippen molar-refractivity contribution in [3.05, 3.63) is 24.3 Å². The largest absolute Gasteiger partial charge is 0.481 e. The molecule has 1 aliphatic carbocycles. The van der Waals surface area contributed by atoms with Crippen molar-refractivity contribution in [2.24, 2.45) is 11.8 Å². The standard InChI is InChI=1S/C31H54O6Si/c1-7-8-11-16-24(36-30-19-14-15-22-35-30)20-21-26-25(17-12-9-10-13-18-29(33)34)27(32)23-28(26)37-38(5,6)31(2,3)4/h9,12,20-21,24-26,28,30H,7-8,10-11,13-19,22-23H2,1-6H3,(H,33,34)/b12-9-,21-20+/t24?,25-,26-,28-,30?/m1/s1. The number of Topliss-reactive ketones (excluding diaryl/α,β-unsaturated/α-hetero) is 1. The third-order valence-corrected chi connectivity index (χ3v) is 12.9. The molecule has 0 radical (unpaired) electrons. The fourth-order valence-electron chi connectivity index (χ4n) is 4.98. The number of aliphatic carboxylic acids is 1. The first-order valence-electron chi connectivity index (χ1n) is 15.0. The van der Waals surface area contributed by atoms with Gasteiger partial charge in [-0.15, -0.1) is 0 Å². The van der Waals surface area contributed by atoms with Gasteiger partial charge in [0.15, 0.2) is 14.6 Å². The highest BCUT2D eigenvalue weighted by molar-refractivity contribution is 6.74. The lowest BCUT2D eigenvalue weighted by atomic mass is 9.90. The molecule has 2 unspecified atom stereocenters. The quantitative estimate of drug-likeness (QED) is 0.120. The van der Waals surface area contributed by atoms with Crippen LogP contribution in [0.2, 0.25) is 18.1 Å². The van der Waals surface area contributed by atoms with E-state index >= 15 is 0 Å². The molecule has 2 aliphatic rings. The van der Waals surface area contributed by atoms with Crippen molar-refractivity contribution in [3.63, 3.8) is 0 Å². The highest BCUT2D eigenvalue weighted by Crippen LogP contribution is 2.43. The maximum Gasteiger partial charge on any atom is 0.303 e. The van der Waals surface area contributed by atoms with Crippen LogP contribution in [0.3, 0.4) is 0 Å². The predicted octanol–water partition coefficient (Wildman–Crippen LogP) is 7.83. The van der Waals surface area contributed by atoms with E-state index in [4.69, 9.17) is 19.0 Å². The molecule has 0 bridgehead atoms. The number of hydrogen-bond donors (Lipinski definition) is 1. The van der Waals surface area contributed by atoms with Crippen molar-refractivity contribution in [2.45, 2.75) is 141 Å². The van der Waals surface area contributed by atoms with E-state index in [1.807, 2.05) is 6.08 Å². The van der Waals surface area contributed by atoms with Crippen LogP contribution in [0.5, 0.6) is 0 Å². The molecule has 0 aromatic carbocycles. The number of rotatable bonds is 16. The number of hydrogen-bond acceptors (Lipinski definition) is 5. The molecule has 1 aliphatic heterocycles. The summed E-state index contributed by atoms with van der Waals surface area (Å²) in [6.07, 6.45) is 18.4. The van der Waals surface area contributed by atoms with E-state index in [0.717, 1.165) is 45.1 Å². The number of carbonyl (C=O) groups is 2. The molecule has 1 heterocycles. The lowest BCUT2D eigenvalue weighted by Crippen LogP contribution is -2.45. The molecule has 7 heteroatoms. The van der Waals surface area contributed by atoms with Crippen LogP contribution in [0.15, 0.2) is 24.3 Å². The number of carboxylic acids is 1. The molecule has 0 aromatic heterocycles. The van der Waals surface area contributed by atoms with Crippen molar-refractivity contribution in [3.8, 4) is 0 Å². The van der Waals surface area contributed by atoms with Gasteiger partial charge in [-0.1, -0.05) is 71.3 Å². The molecule has 0 aromatic rings. The lowest BCUT2D eigenvalue weighted by molar-refractivity contribution is -0.179. The number of ether oxygens (including phenoxy) is 2. The topological polar surface area (TPSA) is 82.1 Å². The van der Waals surface area contributed by atoms with Crippen molar-refractivity contribution in [1.82, 2.24) is 0 Å². The number of unbranched alkanes of at least 4 members (excludes halogenated alkanes) is 3. The van der Waals surface area contributed by atoms with Gasteiger partial charge in [-0.05, 0) is 63.1 Å².